The van der Waals surface area contributed by atoms with Gasteiger partial charge in [0.2, 0.25) is 6.29 Å². The Bertz CT molecular complexity index is 180. The molecule has 4 heteroatoms. The van der Waals surface area contributed by atoms with Crippen molar-refractivity contribution >= 4 is 6.47 Å². The predicted octanol–water partition coefficient (Wildman–Crippen LogP) is 4.00. The van der Waals surface area contributed by atoms with Gasteiger partial charge in [0.15, 0.2) is 0 Å². The zero-order chi connectivity index (χ0) is 13.6. The first-order valence-electron chi connectivity index (χ1n) is 7.08. The fourth-order valence-electron chi connectivity index (χ4n) is 1.84. The highest BCUT2D eigenvalue weighted by atomic mass is 19.1. The van der Waals surface area contributed by atoms with Gasteiger partial charge >= 0.3 is 0 Å². The lowest BCUT2D eigenvalue weighted by molar-refractivity contribution is -0.180. The topological polar surface area (TPSA) is 35.5 Å². The van der Waals surface area contributed by atoms with E-state index in [9.17, 15) is 9.18 Å². The Labute approximate surface area is 110 Å². The van der Waals surface area contributed by atoms with E-state index < -0.39 is 0 Å². The van der Waals surface area contributed by atoms with Crippen LogP contribution in [0.2, 0.25) is 0 Å². The molecule has 0 aromatic carbocycles. The van der Waals surface area contributed by atoms with E-state index in [0.29, 0.717) is 12.6 Å². The second-order valence-electron chi connectivity index (χ2n) is 4.51. The fraction of sp³-hybridized carbons (Fsp3) is 0.929. The highest BCUT2D eigenvalue weighted by Crippen LogP contribution is 2.22. The molecule has 0 amide bonds. The molecule has 1 aliphatic rings. The molecule has 1 unspecified atom stereocenters. The molecule has 1 rings (SSSR count). The van der Waals surface area contributed by atoms with Crippen LogP contribution in [0.25, 0.3) is 0 Å². The van der Waals surface area contributed by atoms with Gasteiger partial charge < -0.3 is 9.47 Å². The first-order chi connectivity index (χ1) is 8.78. The summed E-state index contributed by atoms with van der Waals surface area (Å²) in [6.45, 7) is 4.24. The zero-order valence-electron chi connectivity index (χ0n) is 11.7. The van der Waals surface area contributed by atoms with Crippen molar-refractivity contribution in [2.75, 3.05) is 6.67 Å². The summed E-state index contributed by atoms with van der Waals surface area (Å²) in [7, 11) is 0. The van der Waals surface area contributed by atoms with Gasteiger partial charge in [-0.3, -0.25) is 9.18 Å². The van der Waals surface area contributed by atoms with Crippen molar-refractivity contribution in [3.63, 3.8) is 0 Å². The van der Waals surface area contributed by atoms with Crippen molar-refractivity contribution < 1.29 is 18.7 Å². The van der Waals surface area contributed by atoms with Gasteiger partial charge in [-0.05, 0) is 19.3 Å². The van der Waals surface area contributed by atoms with Crippen LogP contribution in [0.3, 0.4) is 0 Å². The van der Waals surface area contributed by atoms with Crippen LogP contribution in [0.5, 0.6) is 0 Å². The Morgan fingerprint density at radius 1 is 1.28 bits per heavy atom. The summed E-state index contributed by atoms with van der Waals surface area (Å²) in [6.07, 6.45) is 8.40. The summed E-state index contributed by atoms with van der Waals surface area (Å²) in [5.41, 5.74) is 0. The Kier molecular flexibility index (Phi) is 12.4. The van der Waals surface area contributed by atoms with Crippen LogP contribution in [-0.4, -0.2) is 25.5 Å². The minimum absolute atomic E-state index is 0.156. The van der Waals surface area contributed by atoms with Crippen molar-refractivity contribution in [3.8, 4) is 0 Å². The molecule has 1 aliphatic carbocycles. The number of carbonyl (C=O) groups excluding carboxylic acids is 1. The molecule has 108 valence electrons. The van der Waals surface area contributed by atoms with Crippen LogP contribution in [0.4, 0.5) is 4.39 Å². The summed E-state index contributed by atoms with van der Waals surface area (Å²) >= 11 is 0. The van der Waals surface area contributed by atoms with Crippen LogP contribution in [0.15, 0.2) is 0 Å². The third-order valence-corrected chi connectivity index (χ3v) is 2.92. The quantitative estimate of drug-likeness (QED) is 0.514. The second-order valence-corrected chi connectivity index (χ2v) is 4.51. The molecule has 1 atom stereocenters. The van der Waals surface area contributed by atoms with E-state index in [2.05, 4.69) is 0 Å². The van der Waals surface area contributed by atoms with Gasteiger partial charge in [-0.1, -0.05) is 39.5 Å². The highest BCUT2D eigenvalue weighted by Gasteiger charge is 2.18. The maximum Gasteiger partial charge on any atom is 0.295 e. The maximum absolute atomic E-state index is 11.0. The van der Waals surface area contributed by atoms with Gasteiger partial charge in [0.1, 0.15) is 0 Å². The standard InChI is InChI=1S/C10H18O3.C4H9F/c1-2-10(12-8-11)13-9-6-4-3-5-7-9;1-2-3-4-5/h8-10H,2-7H2,1H3;2-4H2,1H3. The lowest BCUT2D eigenvalue weighted by Crippen LogP contribution is -2.25. The molecule has 3 nitrogen and oxygen atoms in total. The molecule has 0 heterocycles. The minimum Gasteiger partial charge on any atom is -0.438 e. The molecule has 0 aromatic heterocycles. The Hall–Kier alpha value is -0.640. The van der Waals surface area contributed by atoms with Crippen LogP contribution >= 0.6 is 0 Å². The van der Waals surface area contributed by atoms with Crippen molar-refractivity contribution in [2.45, 2.75) is 77.6 Å². The van der Waals surface area contributed by atoms with Crippen LogP contribution in [-0.2, 0) is 14.3 Å². The Morgan fingerprint density at radius 3 is 2.33 bits per heavy atom. The molecule has 1 fully saturated rings. The number of unbranched alkanes of at least 4 members (excludes halogenated alkanes) is 1. The third-order valence-electron chi connectivity index (χ3n) is 2.92. The summed E-state index contributed by atoms with van der Waals surface area (Å²) in [5.74, 6) is 0. The molecule has 0 aliphatic heterocycles. The Balaban J connectivity index is 0.000000494. The van der Waals surface area contributed by atoms with Crippen LogP contribution in [0.1, 0.15) is 65.2 Å². The van der Waals surface area contributed by atoms with Crippen molar-refractivity contribution in [3.05, 3.63) is 0 Å². The molecule has 0 N–H and O–H groups in total. The first kappa shape index (κ1) is 17.4. The van der Waals surface area contributed by atoms with E-state index in [1.807, 2.05) is 13.8 Å². The van der Waals surface area contributed by atoms with Crippen molar-refractivity contribution in [1.82, 2.24) is 0 Å². The molecular weight excluding hydrogens is 235 g/mol. The van der Waals surface area contributed by atoms with Gasteiger partial charge in [0.25, 0.3) is 6.47 Å². The molecule has 0 bridgehead atoms. The molecular formula is C14H27FO3. The molecule has 0 spiro atoms. The van der Waals surface area contributed by atoms with Gasteiger partial charge in [-0.2, -0.15) is 0 Å². The van der Waals surface area contributed by atoms with E-state index >= 15 is 0 Å². The van der Waals surface area contributed by atoms with E-state index in [-0.39, 0.29) is 13.0 Å². The summed E-state index contributed by atoms with van der Waals surface area (Å²) in [6, 6.07) is 0. The van der Waals surface area contributed by atoms with E-state index in [4.69, 9.17) is 9.47 Å². The SMILES string of the molecule is CCC(OC=O)OC1CCCCC1.CCCCF. The summed E-state index contributed by atoms with van der Waals surface area (Å²) < 4.78 is 21.4. The number of hydrogen-bond donors (Lipinski definition) is 0. The largest absolute Gasteiger partial charge is 0.438 e. The maximum atomic E-state index is 11.0. The Morgan fingerprint density at radius 2 is 1.94 bits per heavy atom. The second kappa shape index (κ2) is 12.8. The summed E-state index contributed by atoms with van der Waals surface area (Å²) in [4.78, 5) is 10.1. The average Bonchev–Trinajstić information content (AvgIpc) is 2.41. The number of halogens is 1. The van der Waals surface area contributed by atoms with Gasteiger partial charge in [0.05, 0.1) is 12.8 Å². The predicted molar refractivity (Wildman–Crippen MR) is 70.1 cm³/mol. The zero-order valence-corrected chi connectivity index (χ0v) is 11.7. The van der Waals surface area contributed by atoms with Gasteiger partial charge in [-0.25, -0.2) is 0 Å². The molecule has 1 saturated carbocycles. The van der Waals surface area contributed by atoms with E-state index in [0.717, 1.165) is 32.1 Å². The monoisotopic (exact) mass is 262 g/mol. The van der Waals surface area contributed by atoms with Crippen molar-refractivity contribution in [2.24, 2.45) is 0 Å². The lowest BCUT2D eigenvalue weighted by atomic mass is 9.98. The number of hydrogen-bond acceptors (Lipinski definition) is 3. The minimum atomic E-state index is -0.333. The number of ether oxygens (including phenoxy) is 2. The van der Waals surface area contributed by atoms with Gasteiger partial charge in [-0.15, -0.1) is 0 Å². The molecule has 0 radical (unpaired) electrons. The van der Waals surface area contributed by atoms with Crippen LogP contribution < -0.4 is 0 Å². The van der Waals surface area contributed by atoms with Crippen molar-refractivity contribution in [1.29, 1.82) is 0 Å². The fourth-order valence-corrected chi connectivity index (χ4v) is 1.84. The lowest BCUT2D eigenvalue weighted by Gasteiger charge is -2.25. The number of alkyl halides is 1. The average molecular weight is 262 g/mol. The molecule has 18 heavy (non-hydrogen) atoms. The van der Waals surface area contributed by atoms with E-state index in [1.54, 1.807) is 0 Å². The highest BCUT2D eigenvalue weighted by molar-refractivity contribution is 5.37. The number of rotatable bonds is 7. The van der Waals surface area contributed by atoms with Crippen LogP contribution in [0, 0.1) is 0 Å². The number of carbonyl (C=O) groups is 1. The normalized spacial score (nSPS) is 17.5. The first-order valence-corrected chi connectivity index (χ1v) is 7.08. The third kappa shape index (κ3) is 9.40. The molecule has 0 saturated heterocycles. The summed E-state index contributed by atoms with van der Waals surface area (Å²) in [5, 5.41) is 0. The molecule has 0 aromatic rings. The smallest absolute Gasteiger partial charge is 0.295 e. The van der Waals surface area contributed by atoms with Gasteiger partial charge in [0, 0.05) is 6.42 Å². The van der Waals surface area contributed by atoms with E-state index in [1.165, 1.54) is 19.3 Å².